The van der Waals surface area contributed by atoms with Crippen molar-refractivity contribution in [2.24, 2.45) is 5.16 Å². The Bertz CT molecular complexity index is 385. The maximum Gasteiger partial charge on any atom is 0.331 e. The van der Waals surface area contributed by atoms with Crippen LogP contribution in [-0.2, 0) is 9.63 Å². The lowest BCUT2D eigenvalue weighted by molar-refractivity contribution is -0.140. The van der Waals surface area contributed by atoms with E-state index in [0.29, 0.717) is 17.7 Å². The number of phenols is 1. The second-order valence-electron chi connectivity index (χ2n) is 2.99. The summed E-state index contributed by atoms with van der Waals surface area (Å²) in [5.74, 6) is -0.346. The van der Waals surface area contributed by atoms with Crippen LogP contribution in [0, 0.1) is 0 Å². The van der Waals surface area contributed by atoms with E-state index >= 15 is 0 Å². The molecule has 0 saturated carbocycles. The van der Waals surface area contributed by atoms with E-state index in [4.69, 9.17) is 0 Å². The normalized spacial score (nSPS) is 11.2. The topological polar surface area (TPSA) is 58.9 Å². The molecule has 1 aromatic carbocycles. The standard InChI is InChI=1S/C11H13NO3/c1-3-10(12-15-8(2)13)9-6-4-5-7-11(9)14/h4-7,14H,3H2,1-2H3/b12-10+. The molecule has 0 heterocycles. The molecule has 0 atom stereocenters. The Morgan fingerprint density at radius 2 is 2.13 bits per heavy atom. The fourth-order valence-corrected chi connectivity index (χ4v) is 1.14. The summed E-state index contributed by atoms with van der Waals surface area (Å²) in [5, 5.41) is 13.2. The summed E-state index contributed by atoms with van der Waals surface area (Å²) in [6.07, 6.45) is 0.574. The number of oxime groups is 1. The number of phenolic OH excluding ortho intramolecular Hbond substituents is 1. The van der Waals surface area contributed by atoms with Gasteiger partial charge in [0.25, 0.3) is 0 Å². The van der Waals surface area contributed by atoms with Gasteiger partial charge in [0.05, 0.1) is 5.71 Å². The molecule has 1 N–H and O–H groups in total. The van der Waals surface area contributed by atoms with E-state index in [2.05, 4.69) is 9.99 Å². The number of carbonyl (C=O) groups is 1. The van der Waals surface area contributed by atoms with Crippen molar-refractivity contribution >= 4 is 11.7 Å². The molecule has 4 heteroatoms. The van der Waals surface area contributed by atoms with E-state index in [9.17, 15) is 9.90 Å². The van der Waals surface area contributed by atoms with Crippen LogP contribution in [0.2, 0.25) is 0 Å². The fraction of sp³-hybridized carbons (Fsp3) is 0.273. The number of rotatable bonds is 3. The van der Waals surface area contributed by atoms with Crippen molar-refractivity contribution in [1.82, 2.24) is 0 Å². The van der Waals surface area contributed by atoms with Crippen LogP contribution in [0.15, 0.2) is 29.4 Å². The lowest BCUT2D eigenvalue weighted by Crippen LogP contribution is -2.02. The van der Waals surface area contributed by atoms with E-state index in [0.717, 1.165) is 0 Å². The van der Waals surface area contributed by atoms with E-state index in [1.807, 2.05) is 6.92 Å². The molecule has 0 amide bonds. The predicted octanol–water partition coefficient (Wildman–Crippen LogP) is 2.07. The number of carbonyl (C=O) groups excluding carboxylic acids is 1. The largest absolute Gasteiger partial charge is 0.507 e. The minimum absolute atomic E-state index is 0.130. The second kappa shape index (κ2) is 5.14. The average molecular weight is 207 g/mol. The van der Waals surface area contributed by atoms with Gasteiger partial charge < -0.3 is 9.94 Å². The van der Waals surface area contributed by atoms with Gasteiger partial charge in [-0.2, -0.15) is 0 Å². The quantitative estimate of drug-likeness (QED) is 0.469. The second-order valence-corrected chi connectivity index (χ2v) is 2.99. The zero-order valence-electron chi connectivity index (χ0n) is 8.73. The van der Waals surface area contributed by atoms with Crippen LogP contribution in [0.3, 0.4) is 0 Å². The highest BCUT2D eigenvalue weighted by atomic mass is 16.7. The molecule has 0 fully saturated rings. The van der Waals surface area contributed by atoms with Gasteiger partial charge in [-0.15, -0.1) is 0 Å². The summed E-state index contributed by atoms with van der Waals surface area (Å²) < 4.78 is 0. The molecule has 0 spiro atoms. The molecule has 1 aromatic rings. The minimum Gasteiger partial charge on any atom is -0.507 e. The monoisotopic (exact) mass is 207 g/mol. The Hall–Kier alpha value is -1.84. The van der Waals surface area contributed by atoms with Gasteiger partial charge in [-0.05, 0) is 18.6 Å². The molecule has 0 radical (unpaired) electrons. The summed E-state index contributed by atoms with van der Waals surface area (Å²) >= 11 is 0. The van der Waals surface area contributed by atoms with Crippen molar-refractivity contribution in [3.05, 3.63) is 29.8 Å². The highest BCUT2D eigenvalue weighted by Gasteiger charge is 2.07. The summed E-state index contributed by atoms with van der Waals surface area (Å²) in [6, 6.07) is 6.79. The van der Waals surface area contributed by atoms with E-state index < -0.39 is 5.97 Å². The van der Waals surface area contributed by atoms with E-state index in [1.54, 1.807) is 24.3 Å². The average Bonchev–Trinajstić information content (AvgIpc) is 2.21. The van der Waals surface area contributed by atoms with Gasteiger partial charge in [0, 0.05) is 12.5 Å². The fourth-order valence-electron chi connectivity index (χ4n) is 1.14. The number of aromatic hydroxyl groups is 1. The SMILES string of the molecule is CC/C(=N\OC(C)=O)c1ccccc1O. The maximum atomic E-state index is 10.6. The maximum absolute atomic E-state index is 10.6. The number of hydrogen-bond donors (Lipinski definition) is 1. The van der Waals surface area contributed by atoms with Crippen molar-refractivity contribution in [1.29, 1.82) is 0 Å². The van der Waals surface area contributed by atoms with Crippen molar-refractivity contribution in [2.75, 3.05) is 0 Å². The summed E-state index contributed by atoms with van der Waals surface area (Å²) in [4.78, 5) is 15.1. The molecule has 1 rings (SSSR count). The predicted molar refractivity (Wildman–Crippen MR) is 56.7 cm³/mol. The molecule has 0 aromatic heterocycles. The summed E-state index contributed by atoms with van der Waals surface area (Å²) in [6.45, 7) is 3.15. The van der Waals surface area contributed by atoms with Crippen LogP contribution in [0.4, 0.5) is 0 Å². The third-order valence-electron chi connectivity index (χ3n) is 1.83. The van der Waals surface area contributed by atoms with Gasteiger partial charge in [0.2, 0.25) is 0 Å². The summed E-state index contributed by atoms with van der Waals surface area (Å²) in [7, 11) is 0. The van der Waals surface area contributed by atoms with Gasteiger partial charge in [-0.25, -0.2) is 4.79 Å². The zero-order chi connectivity index (χ0) is 11.3. The molecule has 0 saturated heterocycles. The van der Waals surface area contributed by atoms with Crippen LogP contribution >= 0.6 is 0 Å². The zero-order valence-corrected chi connectivity index (χ0v) is 8.73. The molecule has 80 valence electrons. The molecule has 0 aliphatic carbocycles. The Morgan fingerprint density at radius 1 is 1.47 bits per heavy atom. The van der Waals surface area contributed by atoms with E-state index in [-0.39, 0.29) is 5.75 Å². The first-order valence-corrected chi connectivity index (χ1v) is 4.68. The molecule has 0 aliphatic heterocycles. The van der Waals surface area contributed by atoms with Crippen LogP contribution in [0.1, 0.15) is 25.8 Å². The van der Waals surface area contributed by atoms with Gasteiger partial charge in [-0.3, -0.25) is 0 Å². The van der Waals surface area contributed by atoms with Crippen molar-refractivity contribution < 1.29 is 14.7 Å². The molecule has 0 bridgehead atoms. The van der Waals surface area contributed by atoms with Gasteiger partial charge in [0.1, 0.15) is 5.75 Å². The Labute approximate surface area is 88.2 Å². The molecular weight excluding hydrogens is 194 g/mol. The smallest absolute Gasteiger partial charge is 0.331 e. The first-order valence-electron chi connectivity index (χ1n) is 4.68. The first-order chi connectivity index (χ1) is 7.15. The van der Waals surface area contributed by atoms with Gasteiger partial charge in [-0.1, -0.05) is 24.2 Å². The lowest BCUT2D eigenvalue weighted by atomic mass is 10.1. The third-order valence-corrected chi connectivity index (χ3v) is 1.83. The summed E-state index contributed by atoms with van der Waals surface area (Å²) in [5.41, 5.74) is 1.13. The molecule has 0 aliphatic rings. The third kappa shape index (κ3) is 3.09. The number of nitrogens with zero attached hydrogens (tertiary/aromatic N) is 1. The van der Waals surface area contributed by atoms with Crippen LogP contribution < -0.4 is 0 Å². The van der Waals surface area contributed by atoms with Crippen LogP contribution in [-0.4, -0.2) is 16.8 Å². The highest BCUT2D eigenvalue weighted by Crippen LogP contribution is 2.18. The van der Waals surface area contributed by atoms with Gasteiger partial charge >= 0.3 is 5.97 Å². The van der Waals surface area contributed by atoms with Gasteiger partial charge in [0.15, 0.2) is 0 Å². The molecular formula is C11H13NO3. The minimum atomic E-state index is -0.476. The first kappa shape index (κ1) is 11.2. The Balaban J connectivity index is 2.97. The lowest BCUT2D eigenvalue weighted by Gasteiger charge is -2.04. The molecule has 15 heavy (non-hydrogen) atoms. The van der Waals surface area contributed by atoms with Crippen LogP contribution in [0.25, 0.3) is 0 Å². The Kier molecular flexibility index (Phi) is 3.85. The van der Waals surface area contributed by atoms with Crippen LogP contribution in [0.5, 0.6) is 5.75 Å². The van der Waals surface area contributed by atoms with E-state index in [1.165, 1.54) is 6.92 Å². The molecule has 4 nitrogen and oxygen atoms in total. The van der Waals surface area contributed by atoms with Crippen molar-refractivity contribution in [2.45, 2.75) is 20.3 Å². The number of para-hydroxylation sites is 1. The van der Waals surface area contributed by atoms with Crippen molar-refractivity contribution in [3.63, 3.8) is 0 Å². The highest BCUT2D eigenvalue weighted by molar-refractivity contribution is 6.02. The molecule has 0 unspecified atom stereocenters. The van der Waals surface area contributed by atoms with Crippen molar-refractivity contribution in [3.8, 4) is 5.75 Å². The Morgan fingerprint density at radius 3 is 2.67 bits per heavy atom. The number of benzene rings is 1. The number of hydrogen-bond acceptors (Lipinski definition) is 4.